The molecule has 0 bridgehead atoms. The molecule has 1 fully saturated rings. The van der Waals surface area contributed by atoms with Crippen molar-refractivity contribution in [3.63, 3.8) is 0 Å². The number of hydrogen-bond acceptors (Lipinski definition) is 4. The van der Waals surface area contributed by atoms with E-state index in [0.717, 1.165) is 48.2 Å². The van der Waals surface area contributed by atoms with Crippen molar-refractivity contribution >= 4 is 5.69 Å². The van der Waals surface area contributed by atoms with E-state index >= 15 is 0 Å². The summed E-state index contributed by atoms with van der Waals surface area (Å²) >= 11 is 0. The summed E-state index contributed by atoms with van der Waals surface area (Å²) in [6.07, 6.45) is 3.46. The maximum absolute atomic E-state index is 6.13. The van der Waals surface area contributed by atoms with Crippen molar-refractivity contribution in [1.29, 1.82) is 0 Å². The van der Waals surface area contributed by atoms with Crippen molar-refractivity contribution in [2.75, 3.05) is 39.6 Å². The summed E-state index contributed by atoms with van der Waals surface area (Å²) in [4.78, 5) is 2.59. The molecule has 1 heterocycles. The minimum Gasteiger partial charge on any atom is -0.493 e. The van der Waals surface area contributed by atoms with Gasteiger partial charge in [-0.2, -0.15) is 0 Å². The molecule has 124 valence electrons. The Kier molecular flexibility index (Phi) is 5.95. The molecule has 2 N–H and O–H groups in total. The second kappa shape index (κ2) is 7.73. The fraction of sp³-hybridized carbons (Fsp3) is 0.667. The summed E-state index contributed by atoms with van der Waals surface area (Å²) in [5, 5.41) is 0. The lowest BCUT2D eigenvalue weighted by molar-refractivity contribution is 0.140. The fourth-order valence-electron chi connectivity index (χ4n) is 3.62. The molecule has 0 aromatic heterocycles. The molecule has 1 saturated heterocycles. The molecule has 0 amide bonds. The highest BCUT2D eigenvalue weighted by molar-refractivity contribution is 5.58. The van der Waals surface area contributed by atoms with Crippen molar-refractivity contribution in [2.24, 2.45) is 11.8 Å². The van der Waals surface area contributed by atoms with E-state index in [1.165, 1.54) is 19.5 Å². The number of rotatable bonds is 6. The second-order valence-electron chi connectivity index (χ2n) is 6.72. The maximum atomic E-state index is 6.13. The van der Waals surface area contributed by atoms with Crippen LogP contribution in [0.1, 0.15) is 32.3 Å². The van der Waals surface area contributed by atoms with E-state index in [4.69, 9.17) is 15.2 Å². The Morgan fingerprint density at radius 3 is 2.27 bits per heavy atom. The minimum atomic E-state index is 0.697. The normalized spacial score (nSPS) is 22.5. The van der Waals surface area contributed by atoms with E-state index in [2.05, 4.69) is 18.7 Å². The zero-order chi connectivity index (χ0) is 16.1. The molecule has 0 spiro atoms. The minimum absolute atomic E-state index is 0.697. The molecule has 4 nitrogen and oxygen atoms in total. The van der Waals surface area contributed by atoms with Crippen molar-refractivity contribution in [1.82, 2.24) is 4.90 Å². The Bertz CT molecular complexity index is 480. The van der Waals surface area contributed by atoms with Crippen molar-refractivity contribution < 1.29 is 9.47 Å². The van der Waals surface area contributed by atoms with Crippen LogP contribution in [0.2, 0.25) is 0 Å². The SMILES string of the molecule is COc1cc(N)c(CCCN2CC(C)CC(C)C2)cc1OC. The number of nitrogens with zero attached hydrogens (tertiary/aromatic N) is 1. The van der Waals surface area contributed by atoms with E-state index in [-0.39, 0.29) is 0 Å². The van der Waals surface area contributed by atoms with Gasteiger partial charge >= 0.3 is 0 Å². The Balaban J connectivity index is 1.91. The summed E-state index contributed by atoms with van der Waals surface area (Å²) in [5.41, 5.74) is 8.07. The van der Waals surface area contributed by atoms with Gasteiger partial charge in [0, 0.05) is 24.8 Å². The van der Waals surface area contributed by atoms with Gasteiger partial charge in [-0.25, -0.2) is 0 Å². The van der Waals surface area contributed by atoms with Crippen LogP contribution in [0.15, 0.2) is 12.1 Å². The summed E-state index contributed by atoms with van der Waals surface area (Å²) in [6.45, 7) is 8.31. The van der Waals surface area contributed by atoms with Gasteiger partial charge in [0.05, 0.1) is 14.2 Å². The monoisotopic (exact) mass is 306 g/mol. The molecule has 2 unspecified atom stereocenters. The van der Waals surface area contributed by atoms with Crippen molar-refractivity contribution in [2.45, 2.75) is 33.1 Å². The quantitative estimate of drug-likeness (QED) is 0.820. The number of nitrogens with two attached hydrogens (primary N) is 1. The number of aryl methyl sites for hydroxylation is 1. The third kappa shape index (κ3) is 4.29. The van der Waals surface area contributed by atoms with E-state index in [1.54, 1.807) is 14.2 Å². The average molecular weight is 306 g/mol. The van der Waals surface area contributed by atoms with E-state index < -0.39 is 0 Å². The van der Waals surface area contributed by atoms with Gasteiger partial charge in [0.2, 0.25) is 0 Å². The third-order valence-corrected chi connectivity index (χ3v) is 4.51. The van der Waals surface area contributed by atoms with Crippen LogP contribution in [-0.4, -0.2) is 38.8 Å². The van der Waals surface area contributed by atoms with Crippen LogP contribution in [-0.2, 0) is 6.42 Å². The lowest BCUT2D eigenvalue weighted by Crippen LogP contribution is -2.39. The molecule has 0 aliphatic carbocycles. The molecule has 2 rings (SSSR count). The molecule has 1 aliphatic heterocycles. The third-order valence-electron chi connectivity index (χ3n) is 4.51. The largest absolute Gasteiger partial charge is 0.493 e. The number of nitrogen functional groups attached to an aromatic ring is 1. The Labute approximate surface area is 134 Å². The first kappa shape index (κ1) is 16.9. The molecular weight excluding hydrogens is 276 g/mol. The predicted octanol–water partition coefficient (Wildman–Crippen LogP) is 3.20. The number of hydrogen-bond donors (Lipinski definition) is 1. The highest BCUT2D eigenvalue weighted by Gasteiger charge is 2.21. The molecule has 22 heavy (non-hydrogen) atoms. The van der Waals surface area contributed by atoms with Crippen LogP contribution in [0.3, 0.4) is 0 Å². The van der Waals surface area contributed by atoms with E-state index in [9.17, 15) is 0 Å². The molecule has 1 aromatic rings. The maximum Gasteiger partial charge on any atom is 0.162 e. The van der Waals surface area contributed by atoms with Gasteiger partial charge in [0.15, 0.2) is 11.5 Å². The van der Waals surface area contributed by atoms with Crippen LogP contribution in [0, 0.1) is 11.8 Å². The first-order valence-corrected chi connectivity index (χ1v) is 8.26. The van der Waals surface area contributed by atoms with Gasteiger partial charge in [0.25, 0.3) is 0 Å². The number of anilines is 1. The van der Waals surface area contributed by atoms with Crippen LogP contribution in [0.5, 0.6) is 11.5 Å². The van der Waals surface area contributed by atoms with Gasteiger partial charge in [-0.05, 0) is 49.3 Å². The topological polar surface area (TPSA) is 47.7 Å². The standard InChI is InChI=1S/C18H30N2O2/c1-13-8-14(2)12-20(11-13)7-5-6-15-9-17(21-3)18(22-4)10-16(15)19/h9-10,13-14H,5-8,11-12,19H2,1-4H3. The first-order chi connectivity index (χ1) is 10.5. The van der Waals surface area contributed by atoms with Crippen LogP contribution in [0.25, 0.3) is 0 Å². The highest BCUT2D eigenvalue weighted by atomic mass is 16.5. The molecule has 2 atom stereocenters. The number of methoxy groups -OCH3 is 2. The van der Waals surface area contributed by atoms with E-state index in [0.29, 0.717) is 5.75 Å². The van der Waals surface area contributed by atoms with Gasteiger partial charge in [-0.1, -0.05) is 13.8 Å². The lowest BCUT2D eigenvalue weighted by Gasteiger charge is -2.35. The highest BCUT2D eigenvalue weighted by Crippen LogP contribution is 2.32. The van der Waals surface area contributed by atoms with Crippen LogP contribution < -0.4 is 15.2 Å². The Morgan fingerprint density at radius 1 is 1.09 bits per heavy atom. The number of piperidine rings is 1. The van der Waals surface area contributed by atoms with Crippen molar-refractivity contribution in [3.05, 3.63) is 17.7 Å². The first-order valence-electron chi connectivity index (χ1n) is 8.26. The molecule has 1 aromatic carbocycles. The summed E-state index contributed by atoms with van der Waals surface area (Å²) in [6, 6.07) is 3.87. The number of ether oxygens (including phenoxy) is 2. The number of benzene rings is 1. The van der Waals surface area contributed by atoms with Crippen molar-refractivity contribution in [3.8, 4) is 11.5 Å². The van der Waals surface area contributed by atoms with Crippen LogP contribution in [0.4, 0.5) is 5.69 Å². The van der Waals surface area contributed by atoms with Crippen LogP contribution >= 0.6 is 0 Å². The Morgan fingerprint density at radius 2 is 1.68 bits per heavy atom. The summed E-state index contributed by atoms with van der Waals surface area (Å²) in [5.74, 6) is 3.08. The molecule has 0 radical (unpaired) electrons. The van der Waals surface area contributed by atoms with Gasteiger partial charge < -0.3 is 20.1 Å². The predicted molar refractivity (Wildman–Crippen MR) is 91.7 cm³/mol. The number of likely N-dealkylation sites (tertiary alicyclic amines) is 1. The second-order valence-corrected chi connectivity index (χ2v) is 6.72. The summed E-state index contributed by atoms with van der Waals surface area (Å²) < 4.78 is 10.6. The zero-order valence-electron chi connectivity index (χ0n) is 14.4. The fourth-order valence-corrected chi connectivity index (χ4v) is 3.62. The molecule has 4 heteroatoms. The zero-order valence-corrected chi connectivity index (χ0v) is 14.4. The average Bonchev–Trinajstić information content (AvgIpc) is 2.47. The Hall–Kier alpha value is -1.42. The van der Waals surface area contributed by atoms with Gasteiger partial charge in [-0.15, -0.1) is 0 Å². The summed E-state index contributed by atoms with van der Waals surface area (Å²) in [7, 11) is 3.30. The molecule has 0 saturated carbocycles. The lowest BCUT2D eigenvalue weighted by atomic mass is 9.91. The smallest absolute Gasteiger partial charge is 0.162 e. The molecule has 1 aliphatic rings. The van der Waals surface area contributed by atoms with E-state index in [1.807, 2.05) is 12.1 Å². The molecular formula is C18H30N2O2. The van der Waals surface area contributed by atoms with Gasteiger partial charge in [-0.3, -0.25) is 0 Å². The van der Waals surface area contributed by atoms with Gasteiger partial charge in [0.1, 0.15) is 0 Å².